The third-order valence-corrected chi connectivity index (χ3v) is 5.04. The first kappa shape index (κ1) is 14.8. The van der Waals surface area contributed by atoms with E-state index in [-0.39, 0.29) is 11.6 Å². The summed E-state index contributed by atoms with van der Waals surface area (Å²) in [6.45, 7) is 5.50. The maximum absolute atomic E-state index is 6.30. The quantitative estimate of drug-likeness (QED) is 0.924. The van der Waals surface area contributed by atoms with Gasteiger partial charge < -0.3 is 15.2 Å². The standard InChI is InChI=1S/C17H26N2O2/c1-13-11-19(8-9-21-13)17(12-18)7-3-4-14-5-6-15(20-2)10-16(14)17/h5-6,10,13H,3-4,7-9,11-12,18H2,1-2H3. The van der Waals surface area contributed by atoms with Gasteiger partial charge in [0, 0.05) is 19.6 Å². The van der Waals surface area contributed by atoms with Crippen LogP contribution in [-0.4, -0.2) is 44.4 Å². The van der Waals surface area contributed by atoms with Crippen molar-refractivity contribution in [3.05, 3.63) is 29.3 Å². The van der Waals surface area contributed by atoms with Gasteiger partial charge in [-0.05, 0) is 49.4 Å². The van der Waals surface area contributed by atoms with Crippen LogP contribution in [0.5, 0.6) is 5.75 Å². The number of nitrogens with two attached hydrogens (primary N) is 1. The van der Waals surface area contributed by atoms with E-state index in [0.717, 1.165) is 38.3 Å². The summed E-state index contributed by atoms with van der Waals surface area (Å²) in [6.07, 6.45) is 3.73. The van der Waals surface area contributed by atoms with Crippen LogP contribution in [0.15, 0.2) is 18.2 Å². The van der Waals surface area contributed by atoms with Gasteiger partial charge in [-0.1, -0.05) is 6.07 Å². The highest BCUT2D eigenvalue weighted by atomic mass is 16.5. The average Bonchev–Trinajstić information content (AvgIpc) is 2.53. The SMILES string of the molecule is COc1ccc2c(c1)C(CN)(N1CCOC(C)C1)CCC2. The zero-order chi connectivity index (χ0) is 14.9. The van der Waals surface area contributed by atoms with Gasteiger partial charge in [0.1, 0.15) is 5.75 Å². The van der Waals surface area contributed by atoms with E-state index in [4.69, 9.17) is 15.2 Å². The molecular formula is C17H26N2O2. The summed E-state index contributed by atoms with van der Waals surface area (Å²) in [5, 5.41) is 0. The fraction of sp³-hybridized carbons (Fsp3) is 0.647. The molecule has 1 aromatic carbocycles. The van der Waals surface area contributed by atoms with Crippen LogP contribution in [0, 0.1) is 0 Å². The number of hydrogen-bond donors (Lipinski definition) is 1. The molecule has 4 heteroatoms. The molecule has 1 aromatic rings. The van der Waals surface area contributed by atoms with E-state index in [1.54, 1.807) is 7.11 Å². The smallest absolute Gasteiger partial charge is 0.119 e. The predicted octanol–water partition coefficient (Wildman–Crippen LogP) is 1.91. The van der Waals surface area contributed by atoms with Gasteiger partial charge in [0.15, 0.2) is 0 Å². The summed E-state index contributed by atoms with van der Waals surface area (Å²) >= 11 is 0. The lowest BCUT2D eigenvalue weighted by atomic mass is 9.74. The van der Waals surface area contributed by atoms with Crippen molar-refractivity contribution in [2.24, 2.45) is 5.73 Å². The van der Waals surface area contributed by atoms with E-state index >= 15 is 0 Å². The summed E-state index contributed by atoms with van der Waals surface area (Å²) in [7, 11) is 1.73. The summed E-state index contributed by atoms with van der Waals surface area (Å²) in [4.78, 5) is 2.54. The highest BCUT2D eigenvalue weighted by molar-refractivity contribution is 5.42. The van der Waals surface area contributed by atoms with Crippen molar-refractivity contribution in [2.45, 2.75) is 37.8 Å². The van der Waals surface area contributed by atoms with E-state index in [2.05, 4.69) is 30.0 Å². The summed E-state index contributed by atoms with van der Waals surface area (Å²) in [5.41, 5.74) is 9.03. The second kappa shape index (κ2) is 5.95. The molecule has 4 nitrogen and oxygen atoms in total. The van der Waals surface area contributed by atoms with E-state index in [0.29, 0.717) is 6.54 Å². The third-order valence-electron chi connectivity index (χ3n) is 5.04. The van der Waals surface area contributed by atoms with Crippen LogP contribution in [0.25, 0.3) is 0 Å². The van der Waals surface area contributed by atoms with Crippen LogP contribution in [0.3, 0.4) is 0 Å². The zero-order valence-electron chi connectivity index (χ0n) is 13.1. The fourth-order valence-corrected chi connectivity index (χ4v) is 3.92. The number of nitrogens with zero attached hydrogens (tertiary/aromatic N) is 1. The molecule has 21 heavy (non-hydrogen) atoms. The van der Waals surface area contributed by atoms with Gasteiger partial charge in [0.2, 0.25) is 0 Å². The predicted molar refractivity (Wildman–Crippen MR) is 83.7 cm³/mol. The summed E-state index contributed by atoms with van der Waals surface area (Å²) in [5.74, 6) is 0.926. The molecule has 3 rings (SSSR count). The normalized spacial score (nSPS) is 30.0. The number of fused-ring (bicyclic) bond motifs is 1. The molecule has 0 radical (unpaired) electrons. The van der Waals surface area contributed by atoms with Crippen molar-refractivity contribution in [1.29, 1.82) is 0 Å². The molecule has 116 valence electrons. The Labute approximate surface area is 127 Å². The Morgan fingerprint density at radius 1 is 1.48 bits per heavy atom. The molecule has 0 bridgehead atoms. The lowest BCUT2D eigenvalue weighted by Crippen LogP contribution is -2.58. The Morgan fingerprint density at radius 2 is 2.33 bits per heavy atom. The van der Waals surface area contributed by atoms with E-state index in [9.17, 15) is 0 Å². The lowest BCUT2D eigenvalue weighted by molar-refractivity contribution is -0.0675. The Balaban J connectivity index is 2.03. The van der Waals surface area contributed by atoms with Crippen LogP contribution in [0.4, 0.5) is 0 Å². The molecule has 1 saturated heterocycles. The molecule has 1 fully saturated rings. The molecule has 0 aromatic heterocycles. The number of rotatable bonds is 3. The van der Waals surface area contributed by atoms with Gasteiger partial charge in [-0.3, -0.25) is 4.90 Å². The van der Waals surface area contributed by atoms with Crippen molar-refractivity contribution >= 4 is 0 Å². The molecule has 0 amide bonds. The summed E-state index contributed by atoms with van der Waals surface area (Å²) in [6, 6.07) is 6.47. The van der Waals surface area contributed by atoms with Gasteiger partial charge in [0.25, 0.3) is 0 Å². The Hall–Kier alpha value is -1.10. The number of methoxy groups -OCH3 is 1. The average molecular weight is 290 g/mol. The van der Waals surface area contributed by atoms with Crippen LogP contribution >= 0.6 is 0 Å². The van der Waals surface area contributed by atoms with E-state index in [1.807, 2.05) is 0 Å². The second-order valence-corrected chi connectivity index (χ2v) is 6.24. The highest BCUT2D eigenvalue weighted by Gasteiger charge is 2.42. The number of morpholine rings is 1. The number of aryl methyl sites for hydroxylation is 1. The topological polar surface area (TPSA) is 47.7 Å². The van der Waals surface area contributed by atoms with Crippen LogP contribution in [0.2, 0.25) is 0 Å². The fourth-order valence-electron chi connectivity index (χ4n) is 3.92. The van der Waals surface area contributed by atoms with Crippen molar-refractivity contribution < 1.29 is 9.47 Å². The monoisotopic (exact) mass is 290 g/mol. The van der Waals surface area contributed by atoms with Gasteiger partial charge in [-0.15, -0.1) is 0 Å². The largest absolute Gasteiger partial charge is 0.497 e. The Bertz CT molecular complexity index is 506. The minimum absolute atomic E-state index is 0.0554. The lowest BCUT2D eigenvalue weighted by Gasteiger charge is -2.49. The Kier molecular flexibility index (Phi) is 4.20. The molecule has 1 aliphatic carbocycles. The van der Waals surface area contributed by atoms with Crippen LogP contribution in [-0.2, 0) is 16.7 Å². The van der Waals surface area contributed by atoms with Crippen molar-refractivity contribution in [3.63, 3.8) is 0 Å². The molecule has 2 atom stereocenters. The zero-order valence-corrected chi connectivity index (χ0v) is 13.1. The first-order valence-electron chi connectivity index (χ1n) is 7.94. The first-order valence-corrected chi connectivity index (χ1v) is 7.94. The number of benzene rings is 1. The minimum atomic E-state index is -0.0554. The molecule has 2 unspecified atom stereocenters. The minimum Gasteiger partial charge on any atom is -0.497 e. The Morgan fingerprint density at radius 3 is 3.05 bits per heavy atom. The molecular weight excluding hydrogens is 264 g/mol. The van der Waals surface area contributed by atoms with Gasteiger partial charge in [0.05, 0.1) is 25.4 Å². The van der Waals surface area contributed by atoms with E-state index < -0.39 is 0 Å². The number of hydrogen-bond acceptors (Lipinski definition) is 4. The van der Waals surface area contributed by atoms with Crippen molar-refractivity contribution in [1.82, 2.24) is 4.90 Å². The van der Waals surface area contributed by atoms with Crippen LogP contribution < -0.4 is 10.5 Å². The molecule has 2 aliphatic rings. The maximum atomic E-state index is 6.30. The first-order chi connectivity index (χ1) is 10.2. The van der Waals surface area contributed by atoms with E-state index in [1.165, 1.54) is 17.5 Å². The van der Waals surface area contributed by atoms with Gasteiger partial charge in [-0.25, -0.2) is 0 Å². The molecule has 2 N–H and O–H groups in total. The third kappa shape index (κ3) is 2.56. The molecule has 1 heterocycles. The second-order valence-electron chi connectivity index (χ2n) is 6.24. The molecule has 0 saturated carbocycles. The van der Waals surface area contributed by atoms with Crippen molar-refractivity contribution in [3.8, 4) is 5.75 Å². The van der Waals surface area contributed by atoms with Crippen LogP contribution in [0.1, 0.15) is 30.9 Å². The molecule has 1 aliphatic heterocycles. The highest BCUT2D eigenvalue weighted by Crippen LogP contribution is 2.41. The summed E-state index contributed by atoms with van der Waals surface area (Å²) < 4.78 is 11.2. The van der Waals surface area contributed by atoms with Crippen molar-refractivity contribution in [2.75, 3.05) is 33.4 Å². The van der Waals surface area contributed by atoms with Gasteiger partial charge in [-0.2, -0.15) is 0 Å². The van der Waals surface area contributed by atoms with Gasteiger partial charge >= 0.3 is 0 Å². The maximum Gasteiger partial charge on any atom is 0.119 e. The molecule has 0 spiro atoms. The number of ether oxygens (including phenoxy) is 2.